The Labute approximate surface area is 239 Å². The molecule has 1 saturated heterocycles. The monoisotopic (exact) mass is 555 g/mol. The minimum Gasteiger partial charge on any atom is -0.508 e. The Kier molecular flexibility index (Phi) is 7.78. The van der Waals surface area contributed by atoms with Gasteiger partial charge in [0.15, 0.2) is 0 Å². The number of benzene rings is 2. The highest BCUT2D eigenvalue weighted by molar-refractivity contribution is 6.00. The van der Waals surface area contributed by atoms with Crippen LogP contribution in [0.2, 0.25) is 0 Å². The van der Waals surface area contributed by atoms with Gasteiger partial charge in [0.1, 0.15) is 23.9 Å². The van der Waals surface area contributed by atoms with Crippen molar-refractivity contribution in [2.24, 2.45) is 0 Å². The van der Waals surface area contributed by atoms with Gasteiger partial charge in [0, 0.05) is 44.2 Å². The normalized spacial score (nSPS) is 17.5. The summed E-state index contributed by atoms with van der Waals surface area (Å²) in [5.74, 6) is 0.615. The van der Waals surface area contributed by atoms with E-state index in [0.717, 1.165) is 53.9 Å². The van der Waals surface area contributed by atoms with Crippen molar-refractivity contribution in [1.29, 1.82) is 0 Å². The SMILES string of the molecule is CN1CCN(C(=O)[C@H](Cc2ccc(O)cc2)NC(=O)c2ccc3c(c2)nc(-c2ccoc2)n3C2CCCCC2)CC1. The largest absolute Gasteiger partial charge is 0.508 e. The Morgan fingerprint density at radius 3 is 2.49 bits per heavy atom. The molecule has 9 heteroatoms. The zero-order valence-electron chi connectivity index (χ0n) is 23.5. The summed E-state index contributed by atoms with van der Waals surface area (Å²) in [6, 6.07) is 14.0. The van der Waals surface area contributed by atoms with Gasteiger partial charge in [-0.1, -0.05) is 31.4 Å². The first-order valence-corrected chi connectivity index (χ1v) is 14.6. The van der Waals surface area contributed by atoms with E-state index >= 15 is 0 Å². The van der Waals surface area contributed by atoms with Crippen LogP contribution in [0.4, 0.5) is 0 Å². The van der Waals surface area contributed by atoms with Gasteiger partial charge in [-0.05, 0) is 61.9 Å². The molecule has 41 heavy (non-hydrogen) atoms. The Bertz CT molecular complexity index is 1500. The molecule has 2 aromatic heterocycles. The summed E-state index contributed by atoms with van der Waals surface area (Å²) in [6.07, 6.45) is 9.56. The van der Waals surface area contributed by atoms with Crippen LogP contribution < -0.4 is 5.32 Å². The first kappa shape index (κ1) is 27.1. The Morgan fingerprint density at radius 1 is 1.02 bits per heavy atom. The summed E-state index contributed by atoms with van der Waals surface area (Å²) in [4.78, 5) is 36.2. The van der Waals surface area contributed by atoms with Crippen LogP contribution in [0.15, 0.2) is 65.5 Å². The zero-order chi connectivity index (χ0) is 28.3. The van der Waals surface area contributed by atoms with Gasteiger partial charge < -0.3 is 29.2 Å². The first-order valence-electron chi connectivity index (χ1n) is 14.6. The molecule has 6 rings (SSSR count). The number of rotatable bonds is 7. The van der Waals surface area contributed by atoms with Crippen molar-refractivity contribution in [1.82, 2.24) is 24.7 Å². The fourth-order valence-corrected chi connectivity index (χ4v) is 6.10. The van der Waals surface area contributed by atoms with Crippen molar-refractivity contribution in [3.63, 3.8) is 0 Å². The first-order chi connectivity index (χ1) is 20.0. The number of phenols is 1. The number of aromatic nitrogens is 2. The number of phenolic OH excluding ortho intramolecular Hbond substituents is 1. The lowest BCUT2D eigenvalue weighted by molar-refractivity contribution is -0.134. The van der Waals surface area contributed by atoms with E-state index in [1.54, 1.807) is 36.8 Å². The molecule has 214 valence electrons. The molecular weight excluding hydrogens is 518 g/mol. The molecule has 3 heterocycles. The number of aromatic hydroxyl groups is 1. The van der Waals surface area contributed by atoms with Gasteiger partial charge in [0.25, 0.3) is 5.91 Å². The van der Waals surface area contributed by atoms with Gasteiger partial charge in [0.05, 0.1) is 22.9 Å². The number of furan rings is 1. The lowest BCUT2D eigenvalue weighted by atomic mass is 9.95. The Morgan fingerprint density at radius 2 is 1.78 bits per heavy atom. The average molecular weight is 556 g/mol. The average Bonchev–Trinajstić information content (AvgIpc) is 3.66. The van der Waals surface area contributed by atoms with Crippen molar-refractivity contribution in [2.75, 3.05) is 33.2 Å². The zero-order valence-corrected chi connectivity index (χ0v) is 23.5. The van der Waals surface area contributed by atoms with Crippen molar-refractivity contribution in [3.05, 3.63) is 72.2 Å². The molecule has 1 saturated carbocycles. The molecule has 2 fully saturated rings. The highest BCUT2D eigenvalue weighted by atomic mass is 16.3. The maximum Gasteiger partial charge on any atom is 0.252 e. The third-order valence-corrected chi connectivity index (χ3v) is 8.47. The van der Waals surface area contributed by atoms with E-state index in [2.05, 4.69) is 14.8 Å². The molecule has 2 amide bonds. The Balaban J connectivity index is 1.28. The van der Waals surface area contributed by atoms with E-state index in [1.807, 2.05) is 36.2 Å². The summed E-state index contributed by atoms with van der Waals surface area (Å²) in [5.41, 5.74) is 4.00. The fourth-order valence-electron chi connectivity index (χ4n) is 6.10. The number of hydrogen-bond donors (Lipinski definition) is 2. The third kappa shape index (κ3) is 5.86. The van der Waals surface area contributed by atoms with Crippen LogP contribution in [0, 0.1) is 0 Å². The van der Waals surface area contributed by atoms with Crippen LogP contribution in [0.5, 0.6) is 5.75 Å². The molecule has 1 aliphatic carbocycles. The molecular formula is C32H37N5O4. The second-order valence-corrected chi connectivity index (χ2v) is 11.3. The third-order valence-electron chi connectivity index (χ3n) is 8.47. The standard InChI is InChI=1S/C32H37N5O4/c1-35-14-16-36(17-15-35)32(40)28(19-22-7-10-26(38)11-8-22)34-31(39)23-9-12-29-27(20-23)33-30(24-13-18-41-21-24)37(29)25-5-3-2-4-6-25/h7-13,18,20-21,25,28,38H,2-6,14-17,19H2,1H3,(H,34,39)/t28-/m0/s1. The van der Waals surface area contributed by atoms with Crippen molar-refractivity contribution < 1.29 is 19.1 Å². The number of nitrogens with zero attached hydrogens (tertiary/aromatic N) is 4. The van der Waals surface area contributed by atoms with Gasteiger partial charge >= 0.3 is 0 Å². The molecule has 9 nitrogen and oxygen atoms in total. The minimum atomic E-state index is -0.729. The van der Waals surface area contributed by atoms with Crippen LogP contribution in [0.25, 0.3) is 22.4 Å². The Hall–Kier alpha value is -4.11. The smallest absolute Gasteiger partial charge is 0.252 e. The number of piperazine rings is 1. The van der Waals surface area contributed by atoms with Crippen molar-refractivity contribution >= 4 is 22.8 Å². The topological polar surface area (TPSA) is 104 Å². The number of imidazole rings is 1. The molecule has 2 N–H and O–H groups in total. The molecule has 0 radical (unpaired) electrons. The van der Waals surface area contributed by atoms with Crippen LogP contribution in [0.3, 0.4) is 0 Å². The fraction of sp³-hybridized carbons (Fsp3) is 0.406. The van der Waals surface area contributed by atoms with Gasteiger partial charge in [-0.3, -0.25) is 9.59 Å². The second-order valence-electron chi connectivity index (χ2n) is 11.3. The summed E-state index contributed by atoms with van der Waals surface area (Å²) < 4.78 is 7.69. The van der Waals surface area contributed by atoms with Gasteiger partial charge in [-0.25, -0.2) is 4.98 Å². The summed E-state index contributed by atoms with van der Waals surface area (Å²) in [5, 5.41) is 12.7. The molecule has 1 aliphatic heterocycles. The number of nitrogens with one attached hydrogen (secondary N) is 1. The number of amides is 2. The highest BCUT2D eigenvalue weighted by Crippen LogP contribution is 2.36. The van der Waals surface area contributed by atoms with Gasteiger partial charge in [-0.2, -0.15) is 0 Å². The number of carbonyl (C=O) groups excluding carboxylic acids is 2. The predicted octanol–water partition coefficient (Wildman–Crippen LogP) is 4.62. The van der Waals surface area contributed by atoms with Crippen molar-refractivity contribution in [3.8, 4) is 17.1 Å². The van der Waals surface area contributed by atoms with E-state index in [0.29, 0.717) is 31.1 Å². The number of hydrogen-bond acceptors (Lipinski definition) is 6. The van der Waals surface area contributed by atoms with Crippen LogP contribution in [0.1, 0.15) is 54.1 Å². The number of carbonyl (C=O) groups is 2. The summed E-state index contributed by atoms with van der Waals surface area (Å²) in [6.45, 7) is 2.84. The van der Waals surface area contributed by atoms with Crippen LogP contribution in [-0.4, -0.2) is 75.5 Å². The predicted molar refractivity (Wildman–Crippen MR) is 157 cm³/mol. The van der Waals surface area contributed by atoms with Crippen LogP contribution >= 0.6 is 0 Å². The summed E-state index contributed by atoms with van der Waals surface area (Å²) in [7, 11) is 2.04. The summed E-state index contributed by atoms with van der Waals surface area (Å²) >= 11 is 0. The maximum absolute atomic E-state index is 13.6. The van der Waals surface area contributed by atoms with Crippen LogP contribution in [-0.2, 0) is 11.2 Å². The van der Waals surface area contributed by atoms with E-state index in [1.165, 1.54) is 19.3 Å². The number of likely N-dealkylation sites (N-methyl/N-ethyl adjacent to an activating group) is 1. The molecule has 0 spiro atoms. The second kappa shape index (κ2) is 11.8. The van der Waals surface area contributed by atoms with Crippen molar-refractivity contribution in [2.45, 2.75) is 50.6 Å². The minimum absolute atomic E-state index is 0.0931. The molecule has 4 aromatic rings. The molecule has 2 aromatic carbocycles. The maximum atomic E-state index is 13.6. The molecule has 1 atom stereocenters. The molecule has 0 unspecified atom stereocenters. The quantitative estimate of drug-likeness (QED) is 0.345. The van der Waals surface area contributed by atoms with E-state index < -0.39 is 6.04 Å². The number of fused-ring (bicyclic) bond motifs is 1. The van der Waals surface area contributed by atoms with Gasteiger partial charge in [-0.15, -0.1) is 0 Å². The van der Waals surface area contributed by atoms with Gasteiger partial charge in [0.2, 0.25) is 5.91 Å². The molecule has 2 aliphatic rings. The lowest BCUT2D eigenvalue weighted by Crippen LogP contribution is -2.55. The lowest BCUT2D eigenvalue weighted by Gasteiger charge is -2.34. The van der Waals surface area contributed by atoms with E-state index in [-0.39, 0.29) is 17.6 Å². The van der Waals surface area contributed by atoms with E-state index in [9.17, 15) is 14.7 Å². The highest BCUT2D eigenvalue weighted by Gasteiger charge is 2.29. The van der Waals surface area contributed by atoms with E-state index in [4.69, 9.17) is 9.40 Å². The molecule has 0 bridgehead atoms.